The van der Waals surface area contributed by atoms with E-state index in [1.165, 1.54) is 180 Å². The third kappa shape index (κ3) is 37.0. The van der Waals surface area contributed by atoms with Crippen molar-refractivity contribution in [2.45, 2.75) is 225 Å². The zero-order valence-corrected chi connectivity index (χ0v) is 28.4. The number of carbonyl (C=O) groups is 2. The summed E-state index contributed by atoms with van der Waals surface area (Å²) in [7, 11) is 0. The smallest absolute Gasteiger partial charge is 0.305 e. The largest absolute Gasteiger partial charge is 0.481 e. The summed E-state index contributed by atoms with van der Waals surface area (Å²) in [4.78, 5) is 22.4. The Bertz CT molecular complexity index is 547. The standard InChI is InChI=1S/C38H74O4/c1-2-3-4-5-6-7-8-9-13-17-20-23-26-29-32-35-38(41)42-36-33-30-27-24-21-18-15-12-10-11-14-16-19-22-25-28-31-34-37(39)40/h2-36H2,1H3,(H,39,40). The van der Waals surface area contributed by atoms with Crippen molar-refractivity contribution < 1.29 is 19.4 Å². The molecule has 0 aromatic carbocycles. The third-order valence-corrected chi connectivity index (χ3v) is 8.78. The van der Waals surface area contributed by atoms with E-state index in [-0.39, 0.29) is 5.97 Å². The van der Waals surface area contributed by atoms with E-state index in [0.29, 0.717) is 19.4 Å². The van der Waals surface area contributed by atoms with E-state index in [1.807, 2.05) is 0 Å². The molecule has 0 aliphatic carbocycles. The van der Waals surface area contributed by atoms with Gasteiger partial charge >= 0.3 is 11.9 Å². The molecule has 0 aromatic heterocycles. The molecule has 0 amide bonds. The van der Waals surface area contributed by atoms with Crippen molar-refractivity contribution >= 4 is 11.9 Å². The Hall–Kier alpha value is -1.06. The van der Waals surface area contributed by atoms with E-state index in [0.717, 1.165) is 25.7 Å². The zero-order chi connectivity index (χ0) is 30.6. The van der Waals surface area contributed by atoms with Crippen LogP contribution >= 0.6 is 0 Å². The number of ether oxygens (including phenoxy) is 1. The molecule has 0 fully saturated rings. The van der Waals surface area contributed by atoms with Crippen molar-refractivity contribution in [3.05, 3.63) is 0 Å². The SMILES string of the molecule is CCCCCCCCCCCCCCCCCC(=O)OCCCCCCCCCCCCCCCCCCCC(=O)O. The van der Waals surface area contributed by atoms with Crippen LogP contribution in [0.3, 0.4) is 0 Å². The van der Waals surface area contributed by atoms with Crippen LogP contribution in [-0.4, -0.2) is 23.7 Å². The first-order valence-electron chi connectivity index (χ1n) is 19.0. The molecule has 4 heteroatoms. The minimum Gasteiger partial charge on any atom is -0.481 e. The molecule has 0 spiro atoms. The fourth-order valence-corrected chi connectivity index (χ4v) is 5.93. The van der Waals surface area contributed by atoms with Crippen molar-refractivity contribution in [2.75, 3.05) is 6.61 Å². The van der Waals surface area contributed by atoms with Gasteiger partial charge in [-0.1, -0.05) is 193 Å². The number of esters is 1. The quantitative estimate of drug-likeness (QED) is 0.0579. The summed E-state index contributed by atoms with van der Waals surface area (Å²) < 4.78 is 5.44. The zero-order valence-electron chi connectivity index (χ0n) is 28.4. The molecular weight excluding hydrogens is 520 g/mol. The number of rotatable bonds is 36. The van der Waals surface area contributed by atoms with Gasteiger partial charge in [-0.2, -0.15) is 0 Å². The van der Waals surface area contributed by atoms with Gasteiger partial charge in [-0.05, 0) is 19.3 Å². The van der Waals surface area contributed by atoms with Gasteiger partial charge in [0, 0.05) is 12.8 Å². The molecule has 0 unspecified atom stereocenters. The first kappa shape index (κ1) is 40.9. The Labute approximate surface area is 262 Å². The highest BCUT2D eigenvalue weighted by Crippen LogP contribution is 2.16. The monoisotopic (exact) mass is 595 g/mol. The molecular formula is C38H74O4. The molecule has 250 valence electrons. The topological polar surface area (TPSA) is 63.6 Å². The second kappa shape index (κ2) is 36.1. The van der Waals surface area contributed by atoms with Crippen molar-refractivity contribution in [2.24, 2.45) is 0 Å². The number of hydrogen-bond acceptors (Lipinski definition) is 3. The summed E-state index contributed by atoms with van der Waals surface area (Å²) in [5.41, 5.74) is 0. The number of hydrogen-bond donors (Lipinski definition) is 1. The minimum atomic E-state index is -0.662. The van der Waals surface area contributed by atoms with Gasteiger partial charge in [-0.3, -0.25) is 9.59 Å². The average molecular weight is 595 g/mol. The molecule has 0 atom stereocenters. The molecule has 0 heterocycles. The molecule has 0 bridgehead atoms. The summed E-state index contributed by atoms with van der Waals surface area (Å²) in [6.07, 6.45) is 42.6. The first-order chi connectivity index (χ1) is 20.7. The normalized spacial score (nSPS) is 11.3. The highest BCUT2D eigenvalue weighted by atomic mass is 16.5. The molecule has 0 saturated carbocycles. The molecule has 0 radical (unpaired) electrons. The number of carbonyl (C=O) groups excluding carboxylic acids is 1. The van der Waals surface area contributed by atoms with E-state index in [4.69, 9.17) is 9.84 Å². The Balaban J connectivity index is 3.15. The Morgan fingerprint density at radius 2 is 0.643 bits per heavy atom. The molecule has 0 aromatic rings. The van der Waals surface area contributed by atoms with E-state index in [1.54, 1.807) is 0 Å². The van der Waals surface area contributed by atoms with Crippen LogP contribution in [0.1, 0.15) is 225 Å². The van der Waals surface area contributed by atoms with E-state index >= 15 is 0 Å². The maximum Gasteiger partial charge on any atom is 0.305 e. The van der Waals surface area contributed by atoms with Gasteiger partial charge in [0.25, 0.3) is 0 Å². The Morgan fingerprint density at radius 3 is 0.952 bits per heavy atom. The maximum absolute atomic E-state index is 11.9. The van der Waals surface area contributed by atoms with Gasteiger partial charge in [-0.15, -0.1) is 0 Å². The third-order valence-electron chi connectivity index (χ3n) is 8.78. The molecule has 0 rings (SSSR count). The lowest BCUT2D eigenvalue weighted by Crippen LogP contribution is -2.05. The Morgan fingerprint density at radius 1 is 0.381 bits per heavy atom. The lowest BCUT2D eigenvalue weighted by molar-refractivity contribution is -0.144. The Kier molecular flexibility index (Phi) is 35.2. The number of carboxylic acid groups (broad SMARTS) is 1. The number of unbranched alkanes of at least 4 members (excludes halogenated alkanes) is 30. The van der Waals surface area contributed by atoms with Gasteiger partial charge in [0.15, 0.2) is 0 Å². The summed E-state index contributed by atoms with van der Waals surface area (Å²) in [5.74, 6) is -0.650. The molecule has 4 nitrogen and oxygen atoms in total. The van der Waals surface area contributed by atoms with E-state index in [9.17, 15) is 9.59 Å². The fourth-order valence-electron chi connectivity index (χ4n) is 5.93. The fraction of sp³-hybridized carbons (Fsp3) is 0.947. The molecule has 0 aliphatic rings. The van der Waals surface area contributed by atoms with Crippen LogP contribution in [0.25, 0.3) is 0 Å². The van der Waals surface area contributed by atoms with Crippen LogP contribution in [0.2, 0.25) is 0 Å². The van der Waals surface area contributed by atoms with Crippen LogP contribution in [0, 0.1) is 0 Å². The second-order valence-corrected chi connectivity index (χ2v) is 13.1. The molecule has 0 saturated heterocycles. The van der Waals surface area contributed by atoms with Gasteiger partial charge in [0.05, 0.1) is 6.61 Å². The highest BCUT2D eigenvalue weighted by molar-refractivity contribution is 5.69. The van der Waals surface area contributed by atoms with Gasteiger partial charge in [-0.25, -0.2) is 0 Å². The first-order valence-corrected chi connectivity index (χ1v) is 19.0. The van der Waals surface area contributed by atoms with Gasteiger partial charge in [0.2, 0.25) is 0 Å². The van der Waals surface area contributed by atoms with E-state index in [2.05, 4.69) is 6.92 Å². The average Bonchev–Trinajstić information content (AvgIpc) is 2.98. The predicted octanol–water partition coefficient (Wildman–Crippen LogP) is 12.9. The van der Waals surface area contributed by atoms with Crippen molar-refractivity contribution in [3.8, 4) is 0 Å². The van der Waals surface area contributed by atoms with Crippen molar-refractivity contribution in [3.63, 3.8) is 0 Å². The maximum atomic E-state index is 11.9. The lowest BCUT2D eigenvalue weighted by Gasteiger charge is -2.06. The summed E-state index contributed by atoms with van der Waals surface area (Å²) >= 11 is 0. The van der Waals surface area contributed by atoms with Crippen LogP contribution in [-0.2, 0) is 14.3 Å². The van der Waals surface area contributed by atoms with Crippen molar-refractivity contribution in [1.29, 1.82) is 0 Å². The number of carboxylic acids is 1. The van der Waals surface area contributed by atoms with Crippen LogP contribution in [0.5, 0.6) is 0 Å². The van der Waals surface area contributed by atoms with Gasteiger partial charge in [0.1, 0.15) is 0 Å². The molecule has 1 N–H and O–H groups in total. The number of aliphatic carboxylic acids is 1. The molecule has 42 heavy (non-hydrogen) atoms. The lowest BCUT2D eigenvalue weighted by atomic mass is 10.0. The second-order valence-electron chi connectivity index (χ2n) is 13.1. The van der Waals surface area contributed by atoms with Crippen molar-refractivity contribution in [1.82, 2.24) is 0 Å². The van der Waals surface area contributed by atoms with Crippen LogP contribution in [0.4, 0.5) is 0 Å². The predicted molar refractivity (Wildman–Crippen MR) is 181 cm³/mol. The van der Waals surface area contributed by atoms with E-state index < -0.39 is 5.97 Å². The molecule has 0 aliphatic heterocycles. The summed E-state index contributed by atoms with van der Waals surface area (Å²) in [6.45, 7) is 2.90. The minimum absolute atomic E-state index is 0.0117. The van der Waals surface area contributed by atoms with Crippen LogP contribution in [0.15, 0.2) is 0 Å². The van der Waals surface area contributed by atoms with Gasteiger partial charge < -0.3 is 9.84 Å². The summed E-state index contributed by atoms with van der Waals surface area (Å²) in [6, 6.07) is 0. The summed E-state index contributed by atoms with van der Waals surface area (Å²) in [5, 5.41) is 8.63. The van der Waals surface area contributed by atoms with Crippen LogP contribution < -0.4 is 0 Å². The highest BCUT2D eigenvalue weighted by Gasteiger charge is 2.03.